The minimum absolute atomic E-state index is 0.115. The maximum Gasteiger partial charge on any atom is 0.142 e. The van der Waals surface area contributed by atoms with Gasteiger partial charge < -0.3 is 5.41 Å². The first kappa shape index (κ1) is 35.7. The minimum Gasteiger partial charge on any atom is -0.310 e. The van der Waals surface area contributed by atoms with Gasteiger partial charge in [0.1, 0.15) is 5.78 Å². The predicted octanol–water partition coefficient (Wildman–Crippen LogP) is 11.5. The van der Waals surface area contributed by atoms with Crippen LogP contribution in [0.15, 0.2) is 40.8 Å². The van der Waals surface area contributed by atoms with Gasteiger partial charge in [-0.15, -0.1) is 11.8 Å². The zero-order valence-electron chi connectivity index (χ0n) is 26.8. The average molecular weight is 556 g/mol. The molecule has 0 saturated heterocycles. The number of ketones is 1. The molecule has 2 aliphatic rings. The Kier molecular flexibility index (Phi) is 18.0. The third-order valence-electron chi connectivity index (χ3n) is 8.87. The largest absolute Gasteiger partial charge is 0.310 e. The topological polar surface area (TPSA) is 40.9 Å². The van der Waals surface area contributed by atoms with Crippen LogP contribution in [-0.4, -0.2) is 17.8 Å². The van der Waals surface area contributed by atoms with Crippen molar-refractivity contribution in [2.24, 2.45) is 23.2 Å². The Labute approximate surface area is 247 Å². The molecule has 1 fully saturated rings. The molecule has 0 radical (unpaired) electrons. The summed E-state index contributed by atoms with van der Waals surface area (Å²) in [6.07, 6.45) is 22.2. The van der Waals surface area contributed by atoms with Gasteiger partial charge >= 0.3 is 0 Å². The van der Waals surface area contributed by atoms with Gasteiger partial charge in [-0.3, -0.25) is 4.79 Å². The summed E-state index contributed by atoms with van der Waals surface area (Å²) in [6.45, 7) is 14.6. The first-order chi connectivity index (χ1) is 18.6. The summed E-state index contributed by atoms with van der Waals surface area (Å²) in [5.74, 6) is 2.09. The molecule has 2 aliphatic carbocycles. The first-order valence-electron chi connectivity index (χ1n) is 16.0. The summed E-state index contributed by atoms with van der Waals surface area (Å²) >= 11 is 1.79. The van der Waals surface area contributed by atoms with Gasteiger partial charge in [-0.2, -0.15) is 0 Å². The maximum atomic E-state index is 13.6. The summed E-state index contributed by atoms with van der Waals surface area (Å²) < 4.78 is 0. The Morgan fingerprint density at radius 2 is 1.62 bits per heavy atom. The fourth-order valence-corrected chi connectivity index (χ4v) is 6.43. The zero-order valence-corrected chi connectivity index (χ0v) is 27.7. The number of hydrogen-bond acceptors (Lipinski definition) is 3. The Bertz CT molecular complexity index is 822. The highest BCUT2D eigenvalue weighted by molar-refractivity contribution is 7.98. The summed E-state index contributed by atoms with van der Waals surface area (Å²) in [4.78, 5) is 14.9. The van der Waals surface area contributed by atoms with E-state index in [-0.39, 0.29) is 11.3 Å². The molecule has 1 N–H and O–H groups in total. The van der Waals surface area contributed by atoms with Crippen LogP contribution < -0.4 is 0 Å². The van der Waals surface area contributed by atoms with Crippen molar-refractivity contribution in [3.63, 3.8) is 0 Å². The molecule has 3 heteroatoms. The zero-order chi connectivity index (χ0) is 29.3. The van der Waals surface area contributed by atoms with Crippen LogP contribution in [0.4, 0.5) is 0 Å². The van der Waals surface area contributed by atoms with Crippen molar-refractivity contribution in [1.29, 1.82) is 5.41 Å². The molecule has 2 unspecified atom stereocenters. The summed E-state index contributed by atoms with van der Waals surface area (Å²) in [5.41, 5.74) is 3.55. The standard InChI is InChI=1S/C24H42O.C9H12S.C3H7N/c1-5-20(4)23(25)24(19(2)3,18-22-14-10-7-11-15-22)17-16-21-12-8-6-9-13-21;1-3-8-4-6-9(10-2)7-5-8;1-3(2)4/h14,19-21H,5-13,15-18H2,1-4H3;4-7H,3H2,1-2H3;4H,1-2H3. The fraction of sp³-hybridized carbons (Fsp3) is 0.722. The van der Waals surface area contributed by atoms with Crippen molar-refractivity contribution in [3.8, 4) is 0 Å². The van der Waals surface area contributed by atoms with Crippen LogP contribution in [0.1, 0.15) is 138 Å². The third kappa shape index (κ3) is 13.2. The maximum absolute atomic E-state index is 13.6. The number of carbonyl (C=O) groups is 1. The number of carbonyl (C=O) groups excluding carboxylic acids is 1. The number of thioether (sulfide) groups is 1. The van der Waals surface area contributed by atoms with Crippen LogP contribution in [0.2, 0.25) is 0 Å². The van der Waals surface area contributed by atoms with E-state index in [0.29, 0.717) is 17.4 Å². The lowest BCUT2D eigenvalue weighted by Gasteiger charge is -2.41. The lowest BCUT2D eigenvalue weighted by atomic mass is 9.62. The van der Waals surface area contributed by atoms with E-state index in [9.17, 15) is 4.79 Å². The number of rotatable bonds is 11. The summed E-state index contributed by atoms with van der Waals surface area (Å²) in [7, 11) is 0. The minimum atomic E-state index is -0.115. The smallest absolute Gasteiger partial charge is 0.142 e. The van der Waals surface area contributed by atoms with Gasteiger partial charge in [-0.1, -0.05) is 90.5 Å². The van der Waals surface area contributed by atoms with Gasteiger partial charge in [0.2, 0.25) is 0 Å². The first-order valence-corrected chi connectivity index (χ1v) is 17.2. The van der Waals surface area contributed by atoms with Gasteiger partial charge in [-0.05, 0) is 107 Å². The van der Waals surface area contributed by atoms with Gasteiger partial charge in [-0.25, -0.2) is 0 Å². The molecule has 0 heterocycles. The van der Waals surface area contributed by atoms with Crippen LogP contribution in [0.25, 0.3) is 0 Å². The summed E-state index contributed by atoms with van der Waals surface area (Å²) in [5, 5.41) is 6.50. The van der Waals surface area contributed by atoms with E-state index in [2.05, 4.69) is 71.2 Å². The molecule has 222 valence electrons. The van der Waals surface area contributed by atoms with E-state index in [1.807, 2.05) is 0 Å². The number of nitrogens with one attached hydrogen (secondary N) is 1. The monoisotopic (exact) mass is 555 g/mol. The van der Waals surface area contributed by atoms with Crippen molar-refractivity contribution in [2.45, 2.75) is 143 Å². The highest BCUT2D eigenvalue weighted by Gasteiger charge is 2.43. The second kappa shape index (κ2) is 19.7. The Morgan fingerprint density at radius 3 is 2.08 bits per heavy atom. The van der Waals surface area contributed by atoms with Crippen molar-refractivity contribution >= 4 is 23.3 Å². The average Bonchev–Trinajstić information content (AvgIpc) is 2.95. The molecule has 0 bridgehead atoms. The third-order valence-corrected chi connectivity index (χ3v) is 9.62. The van der Waals surface area contributed by atoms with Crippen LogP contribution in [0, 0.1) is 28.6 Å². The number of aryl methyl sites for hydroxylation is 1. The number of hydrogen-bond donors (Lipinski definition) is 1. The van der Waals surface area contributed by atoms with Gasteiger partial charge in [0.05, 0.1) is 0 Å². The second-order valence-electron chi connectivity index (χ2n) is 12.5. The Morgan fingerprint density at radius 1 is 1.00 bits per heavy atom. The van der Waals surface area contributed by atoms with Crippen molar-refractivity contribution in [1.82, 2.24) is 0 Å². The fourth-order valence-electron chi connectivity index (χ4n) is 6.02. The van der Waals surface area contributed by atoms with Crippen LogP contribution in [-0.2, 0) is 11.2 Å². The van der Waals surface area contributed by atoms with E-state index in [4.69, 9.17) is 5.41 Å². The normalized spacial score (nSPS) is 18.0. The SMILES string of the molecule is CC(C)=N.CCC(C)C(=O)C(CCC1CCCCC1)(CC1=CCCCC1)C(C)C.CCc1ccc(SC)cc1. The molecule has 1 aromatic carbocycles. The molecule has 0 aliphatic heterocycles. The van der Waals surface area contributed by atoms with Crippen molar-refractivity contribution in [2.75, 3.05) is 6.26 Å². The van der Waals surface area contributed by atoms with Gasteiger partial charge in [0, 0.05) is 21.9 Å². The lowest BCUT2D eigenvalue weighted by molar-refractivity contribution is -0.136. The molecule has 0 spiro atoms. The lowest BCUT2D eigenvalue weighted by Crippen LogP contribution is -2.41. The summed E-state index contributed by atoms with van der Waals surface area (Å²) in [6, 6.07) is 8.71. The number of benzene rings is 1. The number of Topliss-reactive ketones (excluding diaryl/α,β-unsaturated/α-hetero) is 1. The van der Waals surface area contributed by atoms with Gasteiger partial charge in [0.15, 0.2) is 0 Å². The van der Waals surface area contributed by atoms with E-state index in [1.54, 1.807) is 31.2 Å². The molecular weight excluding hydrogens is 494 g/mol. The molecular formula is C36H61NOS. The molecule has 0 aromatic heterocycles. The van der Waals surface area contributed by atoms with Crippen molar-refractivity contribution < 1.29 is 4.79 Å². The highest BCUT2D eigenvalue weighted by Crippen LogP contribution is 2.46. The molecule has 3 rings (SSSR count). The van der Waals surface area contributed by atoms with E-state index < -0.39 is 0 Å². The Hall–Kier alpha value is -1.35. The molecule has 1 saturated carbocycles. The molecule has 0 amide bonds. The molecule has 2 atom stereocenters. The van der Waals surface area contributed by atoms with E-state index >= 15 is 0 Å². The van der Waals surface area contributed by atoms with Crippen LogP contribution in [0.3, 0.4) is 0 Å². The molecule has 39 heavy (non-hydrogen) atoms. The van der Waals surface area contributed by atoms with Crippen molar-refractivity contribution in [3.05, 3.63) is 41.5 Å². The Balaban J connectivity index is 0.000000446. The van der Waals surface area contributed by atoms with Gasteiger partial charge in [0.25, 0.3) is 0 Å². The molecule has 2 nitrogen and oxygen atoms in total. The second-order valence-corrected chi connectivity index (χ2v) is 13.4. The van der Waals surface area contributed by atoms with Crippen LogP contribution >= 0.6 is 11.8 Å². The quantitative estimate of drug-likeness (QED) is 0.167. The van der Waals surface area contributed by atoms with Crippen LogP contribution in [0.5, 0.6) is 0 Å². The van der Waals surface area contributed by atoms with E-state index in [0.717, 1.165) is 31.6 Å². The predicted molar refractivity (Wildman–Crippen MR) is 175 cm³/mol. The molecule has 1 aromatic rings. The highest BCUT2D eigenvalue weighted by atomic mass is 32.2. The number of allylic oxidation sites excluding steroid dienone is 2. The van der Waals surface area contributed by atoms with E-state index in [1.165, 1.54) is 74.7 Å².